The highest BCUT2D eigenvalue weighted by Crippen LogP contribution is 2.22. The molecule has 106 valence electrons. The van der Waals surface area contributed by atoms with Gasteiger partial charge in [0.1, 0.15) is 6.61 Å². The first-order chi connectivity index (χ1) is 9.06. The van der Waals surface area contributed by atoms with Gasteiger partial charge in [-0.2, -0.15) is 0 Å². The normalized spacial score (nSPS) is 27.7. The minimum Gasteiger partial charge on any atom is -0.480 e. The molecule has 0 saturated carbocycles. The lowest BCUT2D eigenvalue weighted by Crippen LogP contribution is -2.43. The van der Waals surface area contributed by atoms with E-state index in [1.54, 1.807) is 0 Å². The summed E-state index contributed by atoms with van der Waals surface area (Å²) in [6.07, 6.45) is 5.80. The molecule has 0 spiro atoms. The second-order valence-corrected chi connectivity index (χ2v) is 5.12. The number of hydrogen-bond donors (Lipinski definition) is 2. The molecule has 1 fully saturated rings. The number of carbonyl (C=O) groups excluding carboxylic acids is 1. The van der Waals surface area contributed by atoms with Crippen molar-refractivity contribution < 1.29 is 19.4 Å². The number of aliphatic carboxylic acids is 1. The van der Waals surface area contributed by atoms with Crippen LogP contribution in [0, 0.1) is 5.92 Å². The molecule has 1 aliphatic carbocycles. The number of amides is 1. The molecule has 2 unspecified atom stereocenters. The van der Waals surface area contributed by atoms with Crippen molar-refractivity contribution in [2.24, 2.45) is 11.7 Å². The van der Waals surface area contributed by atoms with E-state index in [0.717, 1.165) is 0 Å². The van der Waals surface area contributed by atoms with Crippen molar-refractivity contribution >= 4 is 11.9 Å². The van der Waals surface area contributed by atoms with E-state index in [1.165, 1.54) is 0 Å². The van der Waals surface area contributed by atoms with Gasteiger partial charge < -0.3 is 20.5 Å². The third-order valence-electron chi connectivity index (χ3n) is 3.63. The van der Waals surface area contributed by atoms with Crippen LogP contribution in [-0.4, -0.2) is 53.7 Å². The Kier molecular flexibility index (Phi) is 4.55. The van der Waals surface area contributed by atoms with Crippen molar-refractivity contribution in [1.82, 2.24) is 4.90 Å². The average molecular weight is 268 g/mol. The molecular weight excluding hydrogens is 248 g/mol. The molecule has 0 aromatic heterocycles. The van der Waals surface area contributed by atoms with Gasteiger partial charge in [-0.1, -0.05) is 12.2 Å². The van der Waals surface area contributed by atoms with Crippen LogP contribution < -0.4 is 5.73 Å². The SMILES string of the molecule is NC1C=CC(C(=O)N2CCC(OCC(=O)O)CC2)C1. The molecule has 6 nitrogen and oxygen atoms in total. The zero-order valence-electron chi connectivity index (χ0n) is 10.8. The van der Waals surface area contributed by atoms with Gasteiger partial charge in [-0.3, -0.25) is 4.79 Å². The standard InChI is InChI=1S/C13H20N2O4/c14-10-2-1-9(7-10)13(18)15-5-3-11(4-6-15)19-8-12(16)17/h1-2,9-11H,3-8,14H2,(H,16,17). The number of nitrogens with zero attached hydrogens (tertiary/aromatic N) is 1. The number of nitrogens with two attached hydrogens (primary N) is 1. The van der Waals surface area contributed by atoms with E-state index in [0.29, 0.717) is 32.4 Å². The van der Waals surface area contributed by atoms with Gasteiger partial charge in [0.05, 0.1) is 12.0 Å². The van der Waals surface area contributed by atoms with Gasteiger partial charge in [-0.05, 0) is 19.3 Å². The Hall–Kier alpha value is -1.40. The van der Waals surface area contributed by atoms with Crippen molar-refractivity contribution in [2.45, 2.75) is 31.4 Å². The average Bonchev–Trinajstić information content (AvgIpc) is 2.83. The van der Waals surface area contributed by atoms with Crippen LogP contribution in [0.25, 0.3) is 0 Å². The van der Waals surface area contributed by atoms with E-state index in [-0.39, 0.29) is 30.6 Å². The van der Waals surface area contributed by atoms with Crippen molar-refractivity contribution in [3.05, 3.63) is 12.2 Å². The number of carboxylic acid groups (broad SMARTS) is 1. The molecule has 1 saturated heterocycles. The van der Waals surface area contributed by atoms with Crippen LogP contribution in [0.3, 0.4) is 0 Å². The first-order valence-electron chi connectivity index (χ1n) is 6.62. The number of rotatable bonds is 4. The maximum atomic E-state index is 12.2. The van der Waals surface area contributed by atoms with E-state index < -0.39 is 5.97 Å². The Bertz CT molecular complexity index is 375. The van der Waals surface area contributed by atoms with Crippen LogP contribution in [0.1, 0.15) is 19.3 Å². The molecule has 6 heteroatoms. The maximum Gasteiger partial charge on any atom is 0.329 e. The smallest absolute Gasteiger partial charge is 0.329 e. The van der Waals surface area contributed by atoms with E-state index >= 15 is 0 Å². The summed E-state index contributed by atoms with van der Waals surface area (Å²) in [5, 5.41) is 8.54. The Morgan fingerprint density at radius 2 is 2.00 bits per heavy atom. The first-order valence-corrected chi connectivity index (χ1v) is 6.62. The molecule has 0 aromatic rings. The minimum atomic E-state index is -0.955. The molecule has 0 radical (unpaired) electrons. The molecule has 2 aliphatic rings. The number of carboxylic acids is 1. The topological polar surface area (TPSA) is 92.9 Å². The summed E-state index contributed by atoms with van der Waals surface area (Å²) in [6.45, 7) is 0.990. The molecule has 1 amide bonds. The van der Waals surface area contributed by atoms with Crippen LogP contribution in [0.4, 0.5) is 0 Å². The van der Waals surface area contributed by atoms with Gasteiger partial charge in [-0.25, -0.2) is 4.79 Å². The number of likely N-dealkylation sites (tertiary alicyclic amines) is 1. The molecule has 1 aliphatic heterocycles. The summed E-state index contributed by atoms with van der Waals surface area (Å²) < 4.78 is 5.24. The minimum absolute atomic E-state index is 0.00890. The predicted octanol–water partition coefficient (Wildman–Crippen LogP) is -0.0180. The molecule has 2 atom stereocenters. The van der Waals surface area contributed by atoms with Gasteiger partial charge >= 0.3 is 5.97 Å². The van der Waals surface area contributed by atoms with Crippen molar-refractivity contribution in [3.8, 4) is 0 Å². The van der Waals surface area contributed by atoms with Gasteiger partial charge in [0.15, 0.2) is 0 Å². The van der Waals surface area contributed by atoms with Crippen molar-refractivity contribution in [1.29, 1.82) is 0 Å². The highest BCUT2D eigenvalue weighted by molar-refractivity contribution is 5.81. The second kappa shape index (κ2) is 6.16. The molecule has 1 heterocycles. The van der Waals surface area contributed by atoms with Crippen LogP contribution in [0.5, 0.6) is 0 Å². The number of piperidine rings is 1. The predicted molar refractivity (Wildman–Crippen MR) is 68.4 cm³/mol. The number of ether oxygens (including phenoxy) is 1. The van der Waals surface area contributed by atoms with Gasteiger partial charge in [0, 0.05) is 19.1 Å². The molecule has 3 N–H and O–H groups in total. The van der Waals surface area contributed by atoms with Gasteiger partial charge in [0.25, 0.3) is 0 Å². The Labute approximate surface area is 112 Å². The largest absolute Gasteiger partial charge is 0.480 e. The highest BCUT2D eigenvalue weighted by atomic mass is 16.5. The summed E-state index contributed by atoms with van der Waals surface area (Å²) in [7, 11) is 0. The zero-order chi connectivity index (χ0) is 13.8. The summed E-state index contributed by atoms with van der Waals surface area (Å²) >= 11 is 0. The van der Waals surface area contributed by atoms with Crippen molar-refractivity contribution in [2.75, 3.05) is 19.7 Å². The highest BCUT2D eigenvalue weighted by Gasteiger charge is 2.30. The third kappa shape index (κ3) is 3.78. The van der Waals surface area contributed by atoms with Crippen LogP contribution >= 0.6 is 0 Å². The fourth-order valence-electron chi connectivity index (χ4n) is 2.58. The van der Waals surface area contributed by atoms with Crippen LogP contribution in [-0.2, 0) is 14.3 Å². The zero-order valence-corrected chi connectivity index (χ0v) is 10.8. The Morgan fingerprint density at radius 1 is 1.32 bits per heavy atom. The van der Waals surface area contributed by atoms with E-state index in [9.17, 15) is 9.59 Å². The van der Waals surface area contributed by atoms with Crippen LogP contribution in [0.2, 0.25) is 0 Å². The lowest BCUT2D eigenvalue weighted by atomic mass is 10.0. The van der Waals surface area contributed by atoms with Gasteiger partial charge in [-0.15, -0.1) is 0 Å². The summed E-state index contributed by atoms with van der Waals surface area (Å²) in [5.74, 6) is -0.920. The monoisotopic (exact) mass is 268 g/mol. The molecule has 2 rings (SSSR count). The Balaban J connectivity index is 1.75. The number of hydrogen-bond acceptors (Lipinski definition) is 4. The van der Waals surface area contributed by atoms with E-state index in [4.69, 9.17) is 15.6 Å². The maximum absolute atomic E-state index is 12.2. The second-order valence-electron chi connectivity index (χ2n) is 5.12. The summed E-state index contributed by atoms with van der Waals surface area (Å²) in [5.41, 5.74) is 5.75. The summed E-state index contributed by atoms with van der Waals surface area (Å²) in [6, 6.07) is -0.00890. The van der Waals surface area contributed by atoms with E-state index in [1.807, 2.05) is 17.1 Å². The fourth-order valence-corrected chi connectivity index (χ4v) is 2.58. The number of carbonyl (C=O) groups is 2. The lowest BCUT2D eigenvalue weighted by Gasteiger charge is -2.33. The quantitative estimate of drug-likeness (QED) is 0.699. The lowest BCUT2D eigenvalue weighted by molar-refractivity contribution is -0.147. The van der Waals surface area contributed by atoms with E-state index in [2.05, 4.69) is 0 Å². The Morgan fingerprint density at radius 3 is 2.53 bits per heavy atom. The van der Waals surface area contributed by atoms with Crippen molar-refractivity contribution in [3.63, 3.8) is 0 Å². The molecule has 0 aromatic carbocycles. The molecular formula is C13H20N2O4. The fraction of sp³-hybridized carbons (Fsp3) is 0.692. The van der Waals surface area contributed by atoms with Crippen LogP contribution in [0.15, 0.2) is 12.2 Å². The first kappa shape index (κ1) is 14.0. The van der Waals surface area contributed by atoms with Gasteiger partial charge in [0.2, 0.25) is 5.91 Å². The summed E-state index contributed by atoms with van der Waals surface area (Å²) in [4.78, 5) is 24.4. The third-order valence-corrected chi connectivity index (χ3v) is 3.63. The molecule has 0 bridgehead atoms. The molecule has 19 heavy (non-hydrogen) atoms.